The summed E-state index contributed by atoms with van der Waals surface area (Å²) in [6.45, 7) is -2.65. The van der Waals surface area contributed by atoms with E-state index >= 15 is 0 Å². The van der Waals surface area contributed by atoms with Crippen molar-refractivity contribution in [2.75, 3.05) is 12.9 Å². The van der Waals surface area contributed by atoms with Crippen LogP contribution in [0.3, 0.4) is 0 Å². The molecule has 0 spiro atoms. The number of hydrogen-bond donors (Lipinski definition) is 1. The molecule has 0 saturated heterocycles. The van der Waals surface area contributed by atoms with Crippen LogP contribution in [0.1, 0.15) is 11.1 Å². The van der Waals surface area contributed by atoms with Crippen LogP contribution in [0.5, 0.6) is 11.5 Å². The zero-order chi connectivity index (χ0) is 18.9. The molecule has 0 atom stereocenters. The maximum Gasteiger partial charge on any atom is 0.387 e. The van der Waals surface area contributed by atoms with Crippen LogP contribution in [0.15, 0.2) is 42.5 Å². The molecule has 0 aliphatic heterocycles. The number of thioether (sulfide) groups is 1. The van der Waals surface area contributed by atoms with Crippen LogP contribution in [0.25, 0.3) is 0 Å². The molecular formula is C18H18ClF2NO3S. The number of rotatable bonds is 9. The van der Waals surface area contributed by atoms with Crippen molar-refractivity contribution in [1.82, 2.24) is 5.32 Å². The summed E-state index contributed by atoms with van der Waals surface area (Å²) in [5, 5.41) is 3.46. The van der Waals surface area contributed by atoms with Crippen LogP contribution in [0, 0.1) is 0 Å². The summed E-state index contributed by atoms with van der Waals surface area (Å²) in [6.07, 6.45) is 0. The fourth-order valence-corrected chi connectivity index (χ4v) is 3.05. The van der Waals surface area contributed by atoms with Gasteiger partial charge >= 0.3 is 6.61 Å². The molecule has 2 aromatic carbocycles. The van der Waals surface area contributed by atoms with Gasteiger partial charge in [-0.3, -0.25) is 4.79 Å². The van der Waals surface area contributed by atoms with E-state index in [4.69, 9.17) is 16.3 Å². The highest BCUT2D eigenvalue weighted by atomic mass is 35.5. The van der Waals surface area contributed by atoms with Crippen LogP contribution in [-0.4, -0.2) is 25.4 Å². The molecule has 1 N–H and O–H groups in total. The number of carbonyl (C=O) groups excluding carboxylic acids is 1. The van der Waals surface area contributed by atoms with Crippen molar-refractivity contribution < 1.29 is 23.0 Å². The molecule has 8 heteroatoms. The lowest BCUT2D eigenvalue weighted by atomic mass is 10.2. The smallest absolute Gasteiger partial charge is 0.387 e. The van der Waals surface area contributed by atoms with E-state index < -0.39 is 6.61 Å². The fraction of sp³-hybridized carbons (Fsp3) is 0.278. The molecule has 0 fully saturated rings. The zero-order valence-corrected chi connectivity index (χ0v) is 15.6. The first-order chi connectivity index (χ1) is 12.5. The molecule has 0 aromatic heterocycles. The molecule has 0 bridgehead atoms. The van der Waals surface area contributed by atoms with Gasteiger partial charge in [0.1, 0.15) is 0 Å². The molecule has 0 saturated carbocycles. The van der Waals surface area contributed by atoms with Crippen molar-refractivity contribution in [2.24, 2.45) is 0 Å². The Kier molecular flexibility index (Phi) is 8.00. The van der Waals surface area contributed by atoms with Crippen molar-refractivity contribution >= 4 is 29.3 Å². The van der Waals surface area contributed by atoms with Crippen molar-refractivity contribution in [3.05, 3.63) is 58.6 Å². The lowest BCUT2D eigenvalue weighted by molar-refractivity contribution is -0.118. The second-order valence-electron chi connectivity index (χ2n) is 5.26. The van der Waals surface area contributed by atoms with Gasteiger partial charge in [-0.25, -0.2) is 0 Å². The van der Waals surface area contributed by atoms with E-state index in [1.807, 2.05) is 24.3 Å². The molecule has 0 heterocycles. The quantitative estimate of drug-likeness (QED) is 0.672. The Bertz CT molecular complexity index is 729. The van der Waals surface area contributed by atoms with Gasteiger partial charge in [-0.05, 0) is 35.4 Å². The molecule has 140 valence electrons. The highest BCUT2D eigenvalue weighted by Crippen LogP contribution is 2.29. The normalized spacial score (nSPS) is 10.7. The van der Waals surface area contributed by atoms with Crippen LogP contribution >= 0.6 is 23.4 Å². The van der Waals surface area contributed by atoms with E-state index in [1.165, 1.54) is 24.9 Å². The van der Waals surface area contributed by atoms with Gasteiger partial charge in [0.25, 0.3) is 0 Å². The second kappa shape index (κ2) is 10.2. The summed E-state index contributed by atoms with van der Waals surface area (Å²) in [4.78, 5) is 11.9. The van der Waals surface area contributed by atoms with Crippen LogP contribution in [0.4, 0.5) is 8.78 Å². The molecule has 0 aliphatic carbocycles. The first kappa shape index (κ1) is 20.3. The number of halogens is 3. The van der Waals surface area contributed by atoms with Crippen LogP contribution in [0.2, 0.25) is 5.02 Å². The maximum absolute atomic E-state index is 12.3. The van der Waals surface area contributed by atoms with Gasteiger partial charge < -0.3 is 14.8 Å². The Hall–Kier alpha value is -1.99. The second-order valence-corrected chi connectivity index (χ2v) is 6.68. The van der Waals surface area contributed by atoms with Crippen molar-refractivity contribution in [1.29, 1.82) is 0 Å². The van der Waals surface area contributed by atoms with Gasteiger partial charge in [0.2, 0.25) is 5.91 Å². The summed E-state index contributed by atoms with van der Waals surface area (Å²) in [7, 11) is 1.36. The lowest BCUT2D eigenvalue weighted by Crippen LogP contribution is -2.24. The van der Waals surface area contributed by atoms with Gasteiger partial charge in [0, 0.05) is 17.3 Å². The van der Waals surface area contributed by atoms with E-state index in [1.54, 1.807) is 12.1 Å². The largest absolute Gasteiger partial charge is 0.493 e. The monoisotopic (exact) mass is 401 g/mol. The highest BCUT2D eigenvalue weighted by Gasteiger charge is 2.11. The third-order valence-corrected chi connectivity index (χ3v) is 4.60. The number of nitrogens with one attached hydrogen (secondary N) is 1. The van der Waals surface area contributed by atoms with Gasteiger partial charge in [0.05, 0.1) is 12.9 Å². The van der Waals surface area contributed by atoms with Crippen LogP contribution in [-0.2, 0) is 17.1 Å². The zero-order valence-electron chi connectivity index (χ0n) is 14.0. The standard InChI is InChI=1S/C18H18ClF2NO3S/c1-24-16-8-13(4-7-15(16)25-18(20)21)9-22-17(23)11-26-10-12-2-5-14(19)6-3-12/h2-8,18H,9-11H2,1H3,(H,22,23). The SMILES string of the molecule is COc1cc(CNC(=O)CSCc2ccc(Cl)cc2)ccc1OC(F)F. The number of carbonyl (C=O) groups is 1. The van der Waals surface area contributed by atoms with Gasteiger partial charge in [-0.15, -0.1) is 11.8 Å². The Morgan fingerprint density at radius 2 is 1.85 bits per heavy atom. The summed E-state index contributed by atoms with van der Waals surface area (Å²) >= 11 is 7.32. The summed E-state index contributed by atoms with van der Waals surface area (Å²) in [6, 6.07) is 12.0. The molecule has 0 unspecified atom stereocenters. The van der Waals surface area contributed by atoms with Crippen molar-refractivity contribution in [3.63, 3.8) is 0 Å². The van der Waals surface area contributed by atoms with Crippen molar-refractivity contribution in [3.8, 4) is 11.5 Å². The average molecular weight is 402 g/mol. The number of hydrogen-bond acceptors (Lipinski definition) is 4. The Morgan fingerprint density at radius 1 is 1.15 bits per heavy atom. The summed E-state index contributed by atoms with van der Waals surface area (Å²) in [5.74, 6) is 1.05. The van der Waals surface area contributed by atoms with Gasteiger partial charge in [-0.2, -0.15) is 8.78 Å². The third-order valence-electron chi connectivity index (χ3n) is 3.35. The van der Waals surface area contributed by atoms with E-state index in [-0.39, 0.29) is 24.0 Å². The number of ether oxygens (including phenoxy) is 2. The minimum Gasteiger partial charge on any atom is -0.493 e. The number of benzene rings is 2. The first-order valence-corrected chi connectivity index (χ1v) is 9.22. The third kappa shape index (κ3) is 6.72. The molecule has 0 radical (unpaired) electrons. The lowest BCUT2D eigenvalue weighted by Gasteiger charge is -2.12. The van der Waals surface area contributed by atoms with E-state index in [2.05, 4.69) is 10.1 Å². The molecule has 0 aliphatic rings. The average Bonchev–Trinajstić information content (AvgIpc) is 2.62. The van der Waals surface area contributed by atoms with Crippen LogP contribution < -0.4 is 14.8 Å². The fourth-order valence-electron chi connectivity index (χ4n) is 2.11. The highest BCUT2D eigenvalue weighted by molar-refractivity contribution is 7.99. The van der Waals surface area contributed by atoms with Crippen molar-refractivity contribution in [2.45, 2.75) is 18.9 Å². The molecular weight excluding hydrogens is 384 g/mol. The van der Waals surface area contributed by atoms with E-state index in [0.29, 0.717) is 16.5 Å². The molecule has 2 rings (SSSR count). The predicted octanol–water partition coefficient (Wildman–Crippen LogP) is 4.50. The Labute approximate surface area is 159 Å². The number of methoxy groups -OCH3 is 1. The first-order valence-electron chi connectivity index (χ1n) is 7.68. The van der Waals surface area contributed by atoms with Gasteiger partial charge in [-0.1, -0.05) is 29.8 Å². The molecule has 4 nitrogen and oxygen atoms in total. The minimum absolute atomic E-state index is 0.0453. The Balaban J connectivity index is 1.78. The molecule has 1 amide bonds. The number of alkyl halides is 2. The maximum atomic E-state index is 12.3. The Morgan fingerprint density at radius 3 is 2.50 bits per heavy atom. The molecule has 26 heavy (non-hydrogen) atoms. The summed E-state index contributed by atoms with van der Waals surface area (Å²) in [5.41, 5.74) is 1.81. The van der Waals surface area contributed by atoms with E-state index in [9.17, 15) is 13.6 Å². The molecule has 2 aromatic rings. The topological polar surface area (TPSA) is 47.6 Å². The number of amides is 1. The van der Waals surface area contributed by atoms with Gasteiger partial charge in [0.15, 0.2) is 11.5 Å². The van der Waals surface area contributed by atoms with E-state index in [0.717, 1.165) is 11.1 Å². The predicted molar refractivity (Wildman–Crippen MR) is 99.1 cm³/mol. The minimum atomic E-state index is -2.92. The summed E-state index contributed by atoms with van der Waals surface area (Å²) < 4.78 is 34.0.